The summed E-state index contributed by atoms with van der Waals surface area (Å²) in [4.78, 5) is 15.0. The summed E-state index contributed by atoms with van der Waals surface area (Å²) in [6, 6.07) is 11.4. The van der Waals surface area contributed by atoms with Crippen molar-refractivity contribution >= 4 is 5.91 Å². The predicted octanol–water partition coefficient (Wildman–Crippen LogP) is 3.08. The van der Waals surface area contributed by atoms with Gasteiger partial charge in [-0.05, 0) is 44.7 Å². The van der Waals surface area contributed by atoms with Gasteiger partial charge in [0, 0.05) is 25.2 Å². The fourth-order valence-electron chi connectivity index (χ4n) is 4.18. The zero-order chi connectivity index (χ0) is 17.5. The highest BCUT2D eigenvalue weighted by atomic mass is 16.2. The first-order valence-electron chi connectivity index (χ1n) is 10.0. The highest BCUT2D eigenvalue weighted by Gasteiger charge is 2.25. The van der Waals surface area contributed by atoms with Crippen LogP contribution >= 0.6 is 0 Å². The van der Waals surface area contributed by atoms with E-state index in [1.807, 2.05) is 6.92 Å². The van der Waals surface area contributed by atoms with Gasteiger partial charge < -0.3 is 10.6 Å². The van der Waals surface area contributed by atoms with Gasteiger partial charge in [-0.25, -0.2) is 0 Å². The smallest absolute Gasteiger partial charge is 0.237 e. The SMILES string of the molecule is CC(NC1CCCN(Cc2ccccc2)C1)C(=O)NC1CCCCC1. The van der Waals surface area contributed by atoms with Crippen molar-refractivity contribution in [3.05, 3.63) is 35.9 Å². The number of nitrogens with one attached hydrogen (secondary N) is 2. The summed E-state index contributed by atoms with van der Waals surface area (Å²) in [6.07, 6.45) is 8.47. The van der Waals surface area contributed by atoms with Crippen LogP contribution in [0.4, 0.5) is 0 Å². The highest BCUT2D eigenvalue weighted by Crippen LogP contribution is 2.18. The average Bonchev–Trinajstić information content (AvgIpc) is 2.63. The topological polar surface area (TPSA) is 44.4 Å². The first-order valence-corrected chi connectivity index (χ1v) is 10.0. The van der Waals surface area contributed by atoms with E-state index in [0.29, 0.717) is 12.1 Å². The zero-order valence-corrected chi connectivity index (χ0v) is 15.5. The van der Waals surface area contributed by atoms with Gasteiger partial charge >= 0.3 is 0 Å². The van der Waals surface area contributed by atoms with Crippen molar-refractivity contribution in [2.45, 2.75) is 76.5 Å². The normalized spacial score (nSPS) is 24.0. The lowest BCUT2D eigenvalue weighted by Gasteiger charge is -2.35. The summed E-state index contributed by atoms with van der Waals surface area (Å²) in [6.45, 7) is 5.18. The van der Waals surface area contributed by atoms with E-state index in [1.165, 1.54) is 31.2 Å². The second-order valence-electron chi connectivity index (χ2n) is 7.79. The maximum absolute atomic E-state index is 12.5. The van der Waals surface area contributed by atoms with Gasteiger partial charge in [0.05, 0.1) is 6.04 Å². The second-order valence-corrected chi connectivity index (χ2v) is 7.79. The quantitative estimate of drug-likeness (QED) is 0.834. The lowest BCUT2D eigenvalue weighted by atomic mass is 9.95. The van der Waals surface area contributed by atoms with Crippen molar-refractivity contribution in [1.82, 2.24) is 15.5 Å². The highest BCUT2D eigenvalue weighted by molar-refractivity contribution is 5.81. The molecule has 4 nitrogen and oxygen atoms in total. The number of rotatable bonds is 6. The van der Waals surface area contributed by atoms with Crippen LogP contribution in [-0.2, 0) is 11.3 Å². The number of hydrogen-bond acceptors (Lipinski definition) is 3. The van der Waals surface area contributed by atoms with E-state index >= 15 is 0 Å². The third-order valence-corrected chi connectivity index (χ3v) is 5.59. The molecule has 2 N–H and O–H groups in total. The summed E-state index contributed by atoms with van der Waals surface area (Å²) in [7, 11) is 0. The molecule has 4 heteroatoms. The molecule has 1 aromatic carbocycles. The van der Waals surface area contributed by atoms with E-state index in [9.17, 15) is 4.79 Å². The molecule has 25 heavy (non-hydrogen) atoms. The molecule has 1 aliphatic carbocycles. The first-order chi connectivity index (χ1) is 12.2. The van der Waals surface area contributed by atoms with E-state index in [2.05, 4.69) is 45.9 Å². The first kappa shape index (κ1) is 18.4. The molecule has 2 fully saturated rings. The lowest BCUT2D eigenvalue weighted by molar-refractivity contribution is -0.124. The van der Waals surface area contributed by atoms with Crippen molar-refractivity contribution in [1.29, 1.82) is 0 Å². The summed E-state index contributed by atoms with van der Waals surface area (Å²) < 4.78 is 0. The molecule has 0 radical (unpaired) electrons. The van der Waals surface area contributed by atoms with Gasteiger partial charge in [0.1, 0.15) is 0 Å². The summed E-state index contributed by atoms with van der Waals surface area (Å²) in [5.41, 5.74) is 1.37. The molecule has 2 aliphatic rings. The Kier molecular flexibility index (Phi) is 6.88. The Morgan fingerprint density at radius 2 is 1.80 bits per heavy atom. The Morgan fingerprint density at radius 1 is 1.08 bits per heavy atom. The zero-order valence-electron chi connectivity index (χ0n) is 15.5. The van der Waals surface area contributed by atoms with Crippen LogP contribution in [-0.4, -0.2) is 42.0 Å². The van der Waals surface area contributed by atoms with Crippen LogP contribution in [0, 0.1) is 0 Å². The second kappa shape index (κ2) is 9.35. The summed E-state index contributed by atoms with van der Waals surface area (Å²) >= 11 is 0. The van der Waals surface area contributed by atoms with Crippen LogP contribution in [0.25, 0.3) is 0 Å². The average molecular weight is 344 g/mol. The van der Waals surface area contributed by atoms with Crippen molar-refractivity contribution in [2.24, 2.45) is 0 Å². The van der Waals surface area contributed by atoms with Gasteiger partial charge in [-0.3, -0.25) is 9.69 Å². The number of piperidine rings is 1. The Bertz CT molecular complexity index is 527. The molecular weight excluding hydrogens is 310 g/mol. The van der Waals surface area contributed by atoms with E-state index in [1.54, 1.807) is 0 Å². The molecule has 1 heterocycles. The molecule has 0 aromatic heterocycles. The minimum atomic E-state index is -0.108. The summed E-state index contributed by atoms with van der Waals surface area (Å²) in [5.74, 6) is 0.173. The molecule has 1 saturated heterocycles. The maximum Gasteiger partial charge on any atom is 0.237 e. The third kappa shape index (κ3) is 5.82. The Hall–Kier alpha value is -1.39. The third-order valence-electron chi connectivity index (χ3n) is 5.59. The minimum Gasteiger partial charge on any atom is -0.352 e. The number of benzene rings is 1. The maximum atomic E-state index is 12.5. The van der Waals surface area contributed by atoms with E-state index < -0.39 is 0 Å². The largest absolute Gasteiger partial charge is 0.352 e. The molecule has 0 spiro atoms. The fraction of sp³-hybridized carbons (Fsp3) is 0.667. The Labute approximate surface area is 152 Å². The van der Waals surface area contributed by atoms with E-state index in [4.69, 9.17) is 0 Å². The van der Waals surface area contributed by atoms with Gasteiger partial charge in [-0.1, -0.05) is 49.6 Å². The molecular formula is C21H33N3O. The number of carbonyl (C=O) groups is 1. The van der Waals surface area contributed by atoms with Crippen molar-refractivity contribution in [3.63, 3.8) is 0 Å². The van der Waals surface area contributed by atoms with Gasteiger partial charge in [0.25, 0.3) is 0 Å². The van der Waals surface area contributed by atoms with Crippen LogP contribution in [0.2, 0.25) is 0 Å². The van der Waals surface area contributed by atoms with Gasteiger partial charge in [0.15, 0.2) is 0 Å². The molecule has 1 saturated carbocycles. The Morgan fingerprint density at radius 3 is 2.56 bits per heavy atom. The van der Waals surface area contributed by atoms with Crippen LogP contribution < -0.4 is 10.6 Å². The number of likely N-dealkylation sites (tertiary alicyclic amines) is 1. The molecule has 2 atom stereocenters. The predicted molar refractivity (Wildman–Crippen MR) is 102 cm³/mol. The molecule has 0 bridgehead atoms. The molecule has 2 unspecified atom stereocenters. The van der Waals surface area contributed by atoms with Gasteiger partial charge in [-0.2, -0.15) is 0 Å². The molecule has 1 amide bonds. The van der Waals surface area contributed by atoms with Gasteiger partial charge in [0.2, 0.25) is 5.91 Å². The van der Waals surface area contributed by atoms with E-state index in [0.717, 1.165) is 38.9 Å². The van der Waals surface area contributed by atoms with Crippen LogP contribution in [0.5, 0.6) is 0 Å². The number of carbonyl (C=O) groups excluding carboxylic acids is 1. The van der Waals surface area contributed by atoms with Crippen molar-refractivity contribution in [3.8, 4) is 0 Å². The van der Waals surface area contributed by atoms with Crippen LogP contribution in [0.1, 0.15) is 57.4 Å². The van der Waals surface area contributed by atoms with Crippen molar-refractivity contribution < 1.29 is 4.79 Å². The summed E-state index contributed by atoms with van der Waals surface area (Å²) in [5, 5.41) is 6.81. The molecule has 1 aliphatic heterocycles. The molecule has 1 aromatic rings. The minimum absolute atomic E-state index is 0.108. The Balaban J connectivity index is 1.44. The van der Waals surface area contributed by atoms with Crippen LogP contribution in [0.15, 0.2) is 30.3 Å². The number of amides is 1. The fourth-order valence-corrected chi connectivity index (χ4v) is 4.18. The van der Waals surface area contributed by atoms with E-state index in [-0.39, 0.29) is 11.9 Å². The number of hydrogen-bond donors (Lipinski definition) is 2. The lowest BCUT2D eigenvalue weighted by Crippen LogP contribution is -2.53. The van der Waals surface area contributed by atoms with Crippen molar-refractivity contribution in [2.75, 3.05) is 13.1 Å². The van der Waals surface area contributed by atoms with Crippen LogP contribution in [0.3, 0.4) is 0 Å². The van der Waals surface area contributed by atoms with Gasteiger partial charge in [-0.15, -0.1) is 0 Å². The molecule has 3 rings (SSSR count). The number of nitrogens with zero attached hydrogens (tertiary/aromatic N) is 1. The monoisotopic (exact) mass is 343 g/mol. The molecule has 138 valence electrons. The standard InChI is InChI=1S/C21H33N3O/c1-17(21(25)23-19-11-6-3-7-12-19)22-20-13-8-14-24(16-20)15-18-9-4-2-5-10-18/h2,4-5,9-10,17,19-20,22H,3,6-8,11-16H2,1H3,(H,23,25).